The Balaban J connectivity index is 1.91. The Morgan fingerprint density at radius 1 is 0.952 bits per heavy atom. The van der Waals surface area contributed by atoms with Crippen molar-refractivity contribution in [3.63, 3.8) is 0 Å². The van der Waals surface area contributed by atoms with Crippen LogP contribution in [0.25, 0.3) is 6.08 Å². The quantitative estimate of drug-likeness (QED) is 0.619. The van der Waals surface area contributed by atoms with Crippen molar-refractivity contribution in [3.8, 4) is 0 Å². The summed E-state index contributed by atoms with van der Waals surface area (Å²) in [6.45, 7) is 0.314. The maximum Gasteiger partial charge on any atom is 0.299 e. The van der Waals surface area contributed by atoms with Crippen LogP contribution >= 0.6 is 15.9 Å². The zero-order valence-corrected chi connectivity index (χ0v) is 12.7. The Labute approximate surface area is 131 Å². The first kappa shape index (κ1) is 13.8. The van der Waals surface area contributed by atoms with Crippen LogP contribution in [0.3, 0.4) is 0 Å². The van der Waals surface area contributed by atoms with E-state index in [9.17, 15) is 9.59 Å². The predicted molar refractivity (Wildman–Crippen MR) is 85.9 cm³/mol. The van der Waals surface area contributed by atoms with Gasteiger partial charge >= 0.3 is 0 Å². The number of anilines is 1. The van der Waals surface area contributed by atoms with Crippen LogP contribution in [0.5, 0.6) is 0 Å². The van der Waals surface area contributed by atoms with Crippen molar-refractivity contribution in [1.82, 2.24) is 0 Å². The van der Waals surface area contributed by atoms with Crippen LogP contribution < -0.4 is 4.90 Å². The molecule has 0 atom stereocenters. The monoisotopic (exact) mass is 341 g/mol. The molecular weight excluding hydrogens is 330 g/mol. The predicted octanol–water partition coefficient (Wildman–Crippen LogP) is 3.45. The molecule has 0 spiro atoms. The highest BCUT2D eigenvalue weighted by atomic mass is 79.9. The second kappa shape index (κ2) is 5.66. The van der Waals surface area contributed by atoms with Gasteiger partial charge in [0, 0.05) is 15.7 Å². The van der Waals surface area contributed by atoms with E-state index in [2.05, 4.69) is 15.9 Å². The molecule has 1 amide bonds. The third-order valence-corrected chi connectivity index (χ3v) is 3.87. The number of Topliss-reactive ketones (excluding diaryl/α,β-unsaturated/α-hetero) is 1. The molecular formula is C17H12BrNO2. The molecule has 3 rings (SSSR count). The zero-order valence-electron chi connectivity index (χ0n) is 11.1. The van der Waals surface area contributed by atoms with E-state index in [4.69, 9.17) is 0 Å². The fourth-order valence-electron chi connectivity index (χ4n) is 2.27. The molecule has 1 saturated heterocycles. The van der Waals surface area contributed by atoms with E-state index >= 15 is 0 Å². The Morgan fingerprint density at radius 2 is 1.62 bits per heavy atom. The summed E-state index contributed by atoms with van der Waals surface area (Å²) in [4.78, 5) is 25.7. The van der Waals surface area contributed by atoms with E-state index in [0.717, 1.165) is 15.7 Å². The first-order chi connectivity index (χ1) is 10.1. The van der Waals surface area contributed by atoms with Crippen molar-refractivity contribution in [2.45, 2.75) is 0 Å². The van der Waals surface area contributed by atoms with Gasteiger partial charge in [0.25, 0.3) is 5.91 Å². The lowest BCUT2D eigenvalue weighted by molar-refractivity contribution is -0.132. The van der Waals surface area contributed by atoms with E-state index in [0.29, 0.717) is 12.1 Å². The molecule has 0 N–H and O–H groups in total. The van der Waals surface area contributed by atoms with Gasteiger partial charge in [-0.15, -0.1) is 0 Å². The molecule has 2 aromatic rings. The number of ketones is 1. The summed E-state index contributed by atoms with van der Waals surface area (Å²) < 4.78 is 0.935. The third kappa shape index (κ3) is 2.81. The summed E-state index contributed by atoms with van der Waals surface area (Å²) in [6.07, 6.45) is 1.78. The lowest BCUT2D eigenvalue weighted by Gasteiger charge is -2.14. The van der Waals surface area contributed by atoms with Crippen LogP contribution in [0.4, 0.5) is 5.69 Å². The molecule has 0 saturated carbocycles. The van der Waals surface area contributed by atoms with Gasteiger partial charge in [0.2, 0.25) is 5.78 Å². The number of hydrogen-bond acceptors (Lipinski definition) is 2. The number of halogens is 1. The average molecular weight is 342 g/mol. The lowest BCUT2D eigenvalue weighted by Crippen LogP contribution is -2.26. The highest BCUT2D eigenvalue weighted by molar-refractivity contribution is 9.10. The second-order valence-corrected chi connectivity index (χ2v) is 5.69. The fraction of sp³-hybridized carbons (Fsp3) is 0.0588. The van der Waals surface area contributed by atoms with Gasteiger partial charge in [0.05, 0.1) is 6.54 Å². The van der Waals surface area contributed by atoms with E-state index in [-0.39, 0.29) is 0 Å². The van der Waals surface area contributed by atoms with Gasteiger partial charge in [0.15, 0.2) is 0 Å². The third-order valence-electron chi connectivity index (χ3n) is 3.34. The van der Waals surface area contributed by atoms with Crippen molar-refractivity contribution in [3.05, 3.63) is 70.2 Å². The molecule has 104 valence electrons. The smallest absolute Gasteiger partial charge is 0.299 e. The van der Waals surface area contributed by atoms with Crippen LogP contribution in [-0.2, 0) is 9.59 Å². The van der Waals surface area contributed by atoms with Crippen LogP contribution in [0, 0.1) is 0 Å². The Hall–Kier alpha value is -2.20. The Bertz CT molecular complexity index is 720. The van der Waals surface area contributed by atoms with Crippen LogP contribution in [0.1, 0.15) is 5.56 Å². The molecule has 0 radical (unpaired) electrons. The highest BCUT2D eigenvalue weighted by Crippen LogP contribution is 2.25. The molecule has 4 heteroatoms. The van der Waals surface area contributed by atoms with Gasteiger partial charge in [-0.05, 0) is 35.9 Å². The van der Waals surface area contributed by atoms with Gasteiger partial charge in [-0.3, -0.25) is 9.59 Å². The zero-order chi connectivity index (χ0) is 14.8. The van der Waals surface area contributed by atoms with E-state index in [1.807, 2.05) is 54.6 Å². The summed E-state index contributed by atoms with van der Waals surface area (Å²) in [5, 5.41) is 0. The molecule has 1 heterocycles. The van der Waals surface area contributed by atoms with E-state index < -0.39 is 11.7 Å². The summed E-state index contributed by atoms with van der Waals surface area (Å²) in [7, 11) is 0. The molecule has 3 nitrogen and oxygen atoms in total. The molecule has 0 aromatic heterocycles. The van der Waals surface area contributed by atoms with Crippen molar-refractivity contribution >= 4 is 39.4 Å². The highest BCUT2D eigenvalue weighted by Gasteiger charge is 2.34. The first-order valence-electron chi connectivity index (χ1n) is 6.52. The number of hydrogen-bond donors (Lipinski definition) is 0. The summed E-state index contributed by atoms with van der Waals surface area (Å²) >= 11 is 3.36. The van der Waals surface area contributed by atoms with Gasteiger partial charge in [-0.25, -0.2) is 0 Å². The summed E-state index contributed by atoms with van der Waals surface area (Å²) in [5.41, 5.74) is 2.17. The first-order valence-corrected chi connectivity index (χ1v) is 7.32. The average Bonchev–Trinajstić information content (AvgIpc) is 2.78. The molecule has 21 heavy (non-hydrogen) atoms. The number of rotatable bonds is 2. The number of carbonyl (C=O) groups excluding carboxylic acids is 2. The Kier molecular flexibility index (Phi) is 3.71. The van der Waals surface area contributed by atoms with Crippen molar-refractivity contribution in [1.29, 1.82) is 0 Å². The lowest BCUT2D eigenvalue weighted by atomic mass is 10.1. The fourth-order valence-corrected chi connectivity index (χ4v) is 2.53. The topological polar surface area (TPSA) is 37.4 Å². The number of nitrogens with zero attached hydrogens (tertiary/aromatic N) is 1. The molecule has 1 fully saturated rings. The maximum absolute atomic E-state index is 12.1. The normalized spacial score (nSPS) is 16.8. The SMILES string of the molecule is O=C1C(=O)N(c2ccc(Br)cc2)C/C1=C\c1ccccc1. The van der Waals surface area contributed by atoms with Gasteiger partial charge in [-0.1, -0.05) is 46.3 Å². The van der Waals surface area contributed by atoms with Crippen LogP contribution in [0.2, 0.25) is 0 Å². The molecule has 1 aliphatic rings. The van der Waals surface area contributed by atoms with Gasteiger partial charge in [0.1, 0.15) is 0 Å². The largest absolute Gasteiger partial charge is 0.301 e. The number of carbonyl (C=O) groups is 2. The molecule has 0 bridgehead atoms. The molecule has 0 unspecified atom stereocenters. The van der Waals surface area contributed by atoms with Gasteiger partial charge < -0.3 is 4.90 Å². The molecule has 1 aliphatic heterocycles. The van der Waals surface area contributed by atoms with Gasteiger partial charge in [-0.2, -0.15) is 0 Å². The minimum absolute atomic E-state index is 0.314. The van der Waals surface area contributed by atoms with Crippen molar-refractivity contribution in [2.24, 2.45) is 0 Å². The standard InChI is InChI=1S/C17H12BrNO2/c18-14-6-8-15(9-7-14)19-11-13(16(20)17(19)21)10-12-4-2-1-3-5-12/h1-10H,11H2/b13-10+. The minimum atomic E-state index is -0.473. The second-order valence-electron chi connectivity index (χ2n) is 4.78. The van der Waals surface area contributed by atoms with Crippen LogP contribution in [-0.4, -0.2) is 18.2 Å². The van der Waals surface area contributed by atoms with Crippen molar-refractivity contribution < 1.29 is 9.59 Å². The number of benzene rings is 2. The van der Waals surface area contributed by atoms with E-state index in [1.165, 1.54) is 4.90 Å². The maximum atomic E-state index is 12.1. The summed E-state index contributed by atoms with van der Waals surface area (Å²) in [5.74, 6) is -0.902. The van der Waals surface area contributed by atoms with E-state index in [1.54, 1.807) is 6.08 Å². The minimum Gasteiger partial charge on any atom is -0.301 e. The number of amides is 1. The Morgan fingerprint density at radius 3 is 2.29 bits per heavy atom. The van der Waals surface area contributed by atoms with Crippen molar-refractivity contribution in [2.75, 3.05) is 11.4 Å². The molecule has 2 aromatic carbocycles. The molecule has 0 aliphatic carbocycles. The summed E-state index contributed by atoms with van der Waals surface area (Å²) in [6, 6.07) is 16.9. The van der Waals surface area contributed by atoms with Crippen LogP contribution in [0.15, 0.2) is 64.6 Å².